The van der Waals surface area contributed by atoms with Crippen LogP contribution in [0.3, 0.4) is 0 Å². The number of carbonyl (C=O) groups is 1. The molecular formula is C13H25N3O. The lowest BCUT2D eigenvalue weighted by molar-refractivity contribution is -0.139. The zero-order valence-electron chi connectivity index (χ0n) is 11.3. The van der Waals surface area contributed by atoms with Crippen molar-refractivity contribution in [2.24, 2.45) is 11.8 Å². The van der Waals surface area contributed by atoms with Crippen LogP contribution in [0.15, 0.2) is 0 Å². The Hall–Kier alpha value is -0.610. The topological polar surface area (TPSA) is 35.6 Å². The Balaban J connectivity index is 1.88. The smallest absolute Gasteiger partial charge is 0.225 e. The van der Waals surface area contributed by atoms with Crippen LogP contribution in [0, 0.1) is 11.8 Å². The van der Waals surface area contributed by atoms with Crippen molar-refractivity contribution >= 4 is 5.91 Å². The predicted octanol–water partition coefficient (Wildman–Crippen LogP) is 0.395. The Morgan fingerprint density at radius 1 is 1.47 bits per heavy atom. The van der Waals surface area contributed by atoms with Gasteiger partial charge in [-0.25, -0.2) is 0 Å². The van der Waals surface area contributed by atoms with Crippen LogP contribution in [0.1, 0.15) is 19.8 Å². The summed E-state index contributed by atoms with van der Waals surface area (Å²) in [5, 5.41) is 3.24. The zero-order valence-corrected chi connectivity index (χ0v) is 11.3. The number of amides is 1. The number of nitrogens with one attached hydrogen (secondary N) is 1. The monoisotopic (exact) mass is 239 g/mol. The maximum Gasteiger partial charge on any atom is 0.225 e. The lowest BCUT2D eigenvalue weighted by Gasteiger charge is -2.39. The molecule has 0 aliphatic carbocycles. The summed E-state index contributed by atoms with van der Waals surface area (Å²) in [6, 6.07) is 0.414. The summed E-state index contributed by atoms with van der Waals surface area (Å²) in [6.07, 6.45) is 2.36. The number of hydrogen-bond donors (Lipinski definition) is 1. The van der Waals surface area contributed by atoms with Crippen LogP contribution in [0.4, 0.5) is 0 Å². The van der Waals surface area contributed by atoms with E-state index in [2.05, 4.69) is 24.2 Å². The van der Waals surface area contributed by atoms with Crippen molar-refractivity contribution in [2.45, 2.75) is 25.8 Å². The van der Waals surface area contributed by atoms with Crippen molar-refractivity contribution in [2.75, 3.05) is 40.3 Å². The molecule has 1 N–H and O–H groups in total. The average Bonchev–Trinajstić information content (AvgIpc) is 2.24. The SMILES string of the molecule is CC(C(=O)N(C)C1CCCN(C)C1)C1CNC1. The molecule has 17 heavy (non-hydrogen) atoms. The highest BCUT2D eigenvalue weighted by atomic mass is 16.2. The first-order valence-corrected chi connectivity index (χ1v) is 6.75. The van der Waals surface area contributed by atoms with Gasteiger partial charge in [0.25, 0.3) is 0 Å². The van der Waals surface area contributed by atoms with E-state index in [1.54, 1.807) is 0 Å². The molecule has 2 unspecified atom stereocenters. The molecule has 0 aromatic heterocycles. The molecule has 0 bridgehead atoms. The minimum atomic E-state index is 0.175. The van der Waals surface area contributed by atoms with Gasteiger partial charge >= 0.3 is 0 Å². The molecule has 4 nitrogen and oxygen atoms in total. The van der Waals surface area contributed by atoms with Gasteiger partial charge in [0.2, 0.25) is 5.91 Å². The van der Waals surface area contributed by atoms with Gasteiger partial charge in [0, 0.05) is 25.6 Å². The molecule has 2 atom stereocenters. The summed E-state index contributed by atoms with van der Waals surface area (Å²) in [7, 11) is 4.12. The molecule has 0 radical (unpaired) electrons. The molecule has 1 amide bonds. The van der Waals surface area contributed by atoms with E-state index in [4.69, 9.17) is 0 Å². The van der Waals surface area contributed by atoms with Gasteiger partial charge in [0.1, 0.15) is 0 Å². The van der Waals surface area contributed by atoms with Crippen LogP contribution in [-0.4, -0.2) is 62.0 Å². The third-order valence-corrected chi connectivity index (χ3v) is 4.40. The van der Waals surface area contributed by atoms with E-state index in [0.717, 1.165) is 26.1 Å². The first-order chi connectivity index (χ1) is 8.09. The first-order valence-electron chi connectivity index (χ1n) is 6.75. The van der Waals surface area contributed by atoms with E-state index in [-0.39, 0.29) is 5.92 Å². The normalized spacial score (nSPS) is 28.5. The molecule has 0 aromatic carbocycles. The van der Waals surface area contributed by atoms with Crippen molar-refractivity contribution in [1.82, 2.24) is 15.1 Å². The fourth-order valence-corrected chi connectivity index (χ4v) is 2.82. The molecule has 0 spiro atoms. The third kappa shape index (κ3) is 2.80. The van der Waals surface area contributed by atoms with E-state index in [9.17, 15) is 4.79 Å². The fourth-order valence-electron chi connectivity index (χ4n) is 2.82. The Morgan fingerprint density at radius 3 is 2.71 bits per heavy atom. The molecule has 2 rings (SSSR count). The molecule has 0 saturated carbocycles. The number of likely N-dealkylation sites (tertiary alicyclic amines) is 1. The molecule has 2 saturated heterocycles. The van der Waals surface area contributed by atoms with Crippen molar-refractivity contribution < 1.29 is 4.79 Å². The van der Waals surface area contributed by atoms with Gasteiger partial charge in [-0.3, -0.25) is 4.79 Å². The second-order valence-electron chi connectivity index (χ2n) is 5.71. The van der Waals surface area contributed by atoms with E-state index in [1.807, 2.05) is 11.9 Å². The van der Waals surface area contributed by atoms with Crippen LogP contribution in [0.25, 0.3) is 0 Å². The third-order valence-electron chi connectivity index (χ3n) is 4.40. The van der Waals surface area contributed by atoms with Gasteiger partial charge in [-0.2, -0.15) is 0 Å². The number of rotatable bonds is 3. The van der Waals surface area contributed by atoms with Crippen molar-refractivity contribution in [1.29, 1.82) is 0 Å². The quantitative estimate of drug-likeness (QED) is 0.774. The number of nitrogens with zero attached hydrogens (tertiary/aromatic N) is 2. The van der Waals surface area contributed by atoms with Gasteiger partial charge in [0.15, 0.2) is 0 Å². The first kappa shape index (κ1) is 12.8. The molecule has 2 fully saturated rings. The summed E-state index contributed by atoms with van der Waals surface area (Å²) in [4.78, 5) is 16.7. The highest BCUT2D eigenvalue weighted by Crippen LogP contribution is 2.21. The molecule has 98 valence electrons. The van der Waals surface area contributed by atoms with E-state index in [1.165, 1.54) is 13.0 Å². The molecule has 4 heteroatoms. The number of carbonyl (C=O) groups excluding carboxylic acids is 1. The van der Waals surface area contributed by atoms with Gasteiger partial charge in [-0.05, 0) is 45.4 Å². The molecule has 2 aliphatic rings. The molecule has 2 aliphatic heterocycles. The van der Waals surface area contributed by atoms with Crippen LogP contribution >= 0.6 is 0 Å². The Morgan fingerprint density at radius 2 is 2.18 bits per heavy atom. The van der Waals surface area contributed by atoms with Gasteiger partial charge in [0.05, 0.1) is 0 Å². The number of piperidine rings is 1. The Kier molecular flexibility index (Phi) is 4.05. The summed E-state index contributed by atoms with van der Waals surface area (Å²) in [5.41, 5.74) is 0. The summed E-state index contributed by atoms with van der Waals surface area (Å²) < 4.78 is 0. The minimum Gasteiger partial charge on any atom is -0.341 e. The predicted molar refractivity (Wildman–Crippen MR) is 68.8 cm³/mol. The number of likely N-dealkylation sites (N-methyl/N-ethyl adjacent to an activating group) is 2. The summed E-state index contributed by atoms with van der Waals surface area (Å²) in [5.74, 6) is 1.05. The Labute approximate surface area is 104 Å². The zero-order chi connectivity index (χ0) is 12.4. The molecular weight excluding hydrogens is 214 g/mol. The van der Waals surface area contributed by atoms with Crippen LogP contribution in [-0.2, 0) is 4.79 Å². The summed E-state index contributed by atoms with van der Waals surface area (Å²) >= 11 is 0. The lowest BCUT2D eigenvalue weighted by Crippen LogP contribution is -2.53. The van der Waals surface area contributed by atoms with Gasteiger partial charge in [-0.1, -0.05) is 6.92 Å². The lowest BCUT2D eigenvalue weighted by atomic mass is 9.87. The largest absolute Gasteiger partial charge is 0.341 e. The van der Waals surface area contributed by atoms with Crippen LogP contribution in [0.2, 0.25) is 0 Å². The maximum absolute atomic E-state index is 12.4. The van der Waals surface area contributed by atoms with E-state index < -0.39 is 0 Å². The summed E-state index contributed by atoms with van der Waals surface area (Å²) in [6.45, 7) is 6.28. The highest BCUT2D eigenvalue weighted by Gasteiger charge is 2.33. The second kappa shape index (κ2) is 5.36. The minimum absolute atomic E-state index is 0.175. The van der Waals surface area contributed by atoms with Crippen molar-refractivity contribution in [3.05, 3.63) is 0 Å². The molecule has 2 heterocycles. The van der Waals surface area contributed by atoms with Crippen LogP contribution < -0.4 is 5.32 Å². The van der Waals surface area contributed by atoms with Crippen molar-refractivity contribution in [3.63, 3.8) is 0 Å². The van der Waals surface area contributed by atoms with E-state index >= 15 is 0 Å². The molecule has 0 aromatic rings. The standard InChI is InChI=1S/C13H25N3O/c1-10(11-7-14-8-11)13(17)16(3)12-5-4-6-15(2)9-12/h10-12,14H,4-9H2,1-3H3. The van der Waals surface area contributed by atoms with Gasteiger partial charge < -0.3 is 15.1 Å². The number of hydrogen-bond acceptors (Lipinski definition) is 3. The van der Waals surface area contributed by atoms with Crippen LogP contribution in [0.5, 0.6) is 0 Å². The average molecular weight is 239 g/mol. The fraction of sp³-hybridized carbons (Fsp3) is 0.923. The van der Waals surface area contributed by atoms with Gasteiger partial charge in [-0.15, -0.1) is 0 Å². The van der Waals surface area contributed by atoms with E-state index in [0.29, 0.717) is 17.9 Å². The Bertz CT molecular complexity index is 278. The van der Waals surface area contributed by atoms with Crippen molar-refractivity contribution in [3.8, 4) is 0 Å². The maximum atomic E-state index is 12.4. The highest BCUT2D eigenvalue weighted by molar-refractivity contribution is 5.79. The second-order valence-corrected chi connectivity index (χ2v) is 5.71.